The van der Waals surface area contributed by atoms with E-state index in [9.17, 15) is 4.79 Å². The van der Waals surface area contributed by atoms with Crippen LogP contribution in [0.15, 0.2) is 23.4 Å². The average molecular weight is 349 g/mol. The molecule has 0 bridgehead atoms. The summed E-state index contributed by atoms with van der Waals surface area (Å²) < 4.78 is 10.4. The molecule has 0 saturated carbocycles. The summed E-state index contributed by atoms with van der Waals surface area (Å²) in [6.45, 7) is 1.84. The molecule has 0 saturated heterocycles. The molecule has 0 aliphatic rings. The zero-order valence-corrected chi connectivity index (χ0v) is 14.3. The first kappa shape index (κ1) is 18.4. The topological polar surface area (TPSA) is 60.4 Å². The number of oxime groups is 1. The summed E-state index contributed by atoms with van der Waals surface area (Å²) in [4.78, 5) is 16.9. The number of carbonyl (C=O) groups excluding carboxylic acids is 1. The zero-order valence-electron chi connectivity index (χ0n) is 12.8. The molecule has 0 aromatic heterocycles. The SMILES string of the molecule is CO/N=C(\C)N(Cc1ccc(OC)c(OC)c1)C(=O)C(Cl)Cl. The van der Waals surface area contributed by atoms with Crippen LogP contribution in [0.25, 0.3) is 0 Å². The van der Waals surface area contributed by atoms with Crippen LogP contribution in [0.1, 0.15) is 12.5 Å². The Bertz CT molecular complexity index is 550. The second kappa shape index (κ2) is 8.70. The van der Waals surface area contributed by atoms with Crippen LogP contribution in [0.4, 0.5) is 0 Å². The number of methoxy groups -OCH3 is 2. The largest absolute Gasteiger partial charge is 0.493 e. The van der Waals surface area contributed by atoms with Crippen LogP contribution in [-0.4, -0.2) is 42.8 Å². The van der Waals surface area contributed by atoms with E-state index in [0.717, 1.165) is 5.56 Å². The van der Waals surface area contributed by atoms with Crippen molar-refractivity contribution in [1.29, 1.82) is 0 Å². The van der Waals surface area contributed by atoms with Gasteiger partial charge in [0.05, 0.1) is 20.8 Å². The van der Waals surface area contributed by atoms with Gasteiger partial charge in [0.25, 0.3) is 5.91 Å². The van der Waals surface area contributed by atoms with Gasteiger partial charge in [-0.15, -0.1) is 0 Å². The second-order valence-corrected chi connectivity index (χ2v) is 5.33. The van der Waals surface area contributed by atoms with Crippen molar-refractivity contribution in [2.75, 3.05) is 21.3 Å². The van der Waals surface area contributed by atoms with Gasteiger partial charge in [0.2, 0.25) is 0 Å². The van der Waals surface area contributed by atoms with Gasteiger partial charge in [0.15, 0.2) is 16.3 Å². The summed E-state index contributed by atoms with van der Waals surface area (Å²) in [5, 5.41) is 3.75. The number of carbonyl (C=O) groups is 1. The molecule has 0 radical (unpaired) electrons. The van der Waals surface area contributed by atoms with Crippen molar-refractivity contribution < 1.29 is 19.1 Å². The molecular weight excluding hydrogens is 331 g/mol. The minimum absolute atomic E-state index is 0.216. The van der Waals surface area contributed by atoms with Crippen molar-refractivity contribution >= 4 is 34.9 Å². The van der Waals surface area contributed by atoms with Crippen molar-refractivity contribution in [3.8, 4) is 11.5 Å². The fraction of sp³-hybridized carbons (Fsp3) is 0.429. The number of hydrogen-bond acceptors (Lipinski definition) is 5. The van der Waals surface area contributed by atoms with Gasteiger partial charge in [0, 0.05) is 0 Å². The van der Waals surface area contributed by atoms with E-state index < -0.39 is 10.7 Å². The lowest BCUT2D eigenvalue weighted by Crippen LogP contribution is -2.38. The first-order valence-electron chi connectivity index (χ1n) is 6.32. The molecule has 0 N–H and O–H groups in total. The monoisotopic (exact) mass is 348 g/mol. The third-order valence-corrected chi connectivity index (χ3v) is 3.23. The molecule has 22 heavy (non-hydrogen) atoms. The van der Waals surface area contributed by atoms with E-state index in [1.165, 1.54) is 19.1 Å². The molecule has 122 valence electrons. The highest BCUT2D eigenvalue weighted by Crippen LogP contribution is 2.28. The van der Waals surface area contributed by atoms with Crippen molar-refractivity contribution in [2.45, 2.75) is 18.3 Å². The minimum Gasteiger partial charge on any atom is -0.493 e. The number of rotatable bonds is 6. The maximum Gasteiger partial charge on any atom is 0.261 e. The second-order valence-electron chi connectivity index (χ2n) is 4.24. The van der Waals surface area contributed by atoms with E-state index in [1.807, 2.05) is 0 Å². The predicted molar refractivity (Wildman–Crippen MR) is 85.7 cm³/mol. The van der Waals surface area contributed by atoms with E-state index in [4.69, 9.17) is 37.5 Å². The summed E-state index contributed by atoms with van der Waals surface area (Å²) in [6, 6.07) is 5.31. The zero-order chi connectivity index (χ0) is 16.7. The molecule has 0 unspecified atom stereocenters. The van der Waals surface area contributed by atoms with Crippen LogP contribution in [0.3, 0.4) is 0 Å². The Kier molecular flexibility index (Phi) is 7.27. The van der Waals surface area contributed by atoms with Gasteiger partial charge in [-0.05, 0) is 24.6 Å². The Morgan fingerprint density at radius 1 is 1.23 bits per heavy atom. The Hall–Kier alpha value is -1.66. The Morgan fingerprint density at radius 2 is 1.86 bits per heavy atom. The average Bonchev–Trinajstić information content (AvgIpc) is 2.51. The van der Waals surface area contributed by atoms with Crippen molar-refractivity contribution in [2.24, 2.45) is 5.16 Å². The highest BCUT2D eigenvalue weighted by Gasteiger charge is 2.23. The summed E-state index contributed by atoms with van der Waals surface area (Å²) >= 11 is 11.3. The number of halogens is 2. The van der Waals surface area contributed by atoms with E-state index in [0.29, 0.717) is 17.3 Å². The molecule has 0 aliphatic heterocycles. The number of nitrogens with zero attached hydrogens (tertiary/aromatic N) is 2. The van der Waals surface area contributed by atoms with Crippen molar-refractivity contribution in [3.63, 3.8) is 0 Å². The highest BCUT2D eigenvalue weighted by molar-refractivity contribution is 6.53. The third kappa shape index (κ3) is 4.68. The molecule has 0 heterocycles. The lowest BCUT2D eigenvalue weighted by Gasteiger charge is -2.22. The lowest BCUT2D eigenvalue weighted by molar-refractivity contribution is -0.126. The maximum atomic E-state index is 12.1. The number of amides is 1. The quantitative estimate of drug-likeness (QED) is 0.343. The van der Waals surface area contributed by atoms with Crippen molar-refractivity contribution in [1.82, 2.24) is 4.90 Å². The Balaban J connectivity index is 3.09. The van der Waals surface area contributed by atoms with Gasteiger partial charge in [0.1, 0.15) is 12.9 Å². The third-order valence-electron chi connectivity index (χ3n) is 2.86. The van der Waals surface area contributed by atoms with Crippen LogP contribution in [0, 0.1) is 0 Å². The number of hydrogen-bond donors (Lipinski definition) is 0. The molecule has 0 spiro atoms. The number of benzene rings is 1. The number of ether oxygens (including phenoxy) is 2. The van der Waals surface area contributed by atoms with Gasteiger partial charge in [-0.3, -0.25) is 9.69 Å². The molecule has 0 atom stereocenters. The first-order valence-corrected chi connectivity index (χ1v) is 7.20. The van der Waals surface area contributed by atoms with Crippen LogP contribution >= 0.6 is 23.2 Å². The number of amidine groups is 1. The fourth-order valence-corrected chi connectivity index (χ4v) is 2.05. The molecule has 0 fully saturated rings. The normalized spacial score (nSPS) is 11.3. The molecule has 1 aromatic rings. The molecule has 6 nitrogen and oxygen atoms in total. The molecule has 1 aromatic carbocycles. The number of alkyl halides is 2. The molecule has 8 heteroatoms. The minimum atomic E-state index is -1.19. The van der Waals surface area contributed by atoms with E-state index in [2.05, 4.69) is 5.16 Å². The van der Waals surface area contributed by atoms with Gasteiger partial charge in [-0.1, -0.05) is 34.4 Å². The molecular formula is C14H18Cl2N2O4. The highest BCUT2D eigenvalue weighted by atomic mass is 35.5. The standard InChI is InChI=1S/C14H18Cl2N2O4/c1-9(17-22-4)18(14(19)13(15)16)8-10-5-6-11(20-2)12(7-10)21-3/h5-7,13H,8H2,1-4H3/b17-9+. The molecule has 0 aliphatic carbocycles. The van der Waals surface area contributed by atoms with E-state index >= 15 is 0 Å². The first-order chi connectivity index (χ1) is 10.4. The van der Waals surface area contributed by atoms with E-state index in [-0.39, 0.29) is 6.54 Å². The Labute approximate surface area is 139 Å². The van der Waals surface area contributed by atoms with E-state index in [1.54, 1.807) is 32.2 Å². The summed E-state index contributed by atoms with van der Waals surface area (Å²) in [7, 11) is 4.48. The molecule has 1 rings (SSSR count). The van der Waals surface area contributed by atoms with Crippen LogP contribution in [-0.2, 0) is 16.2 Å². The van der Waals surface area contributed by atoms with Crippen LogP contribution in [0.5, 0.6) is 11.5 Å². The predicted octanol–water partition coefficient (Wildman–Crippen LogP) is 2.82. The lowest BCUT2D eigenvalue weighted by atomic mass is 10.2. The Morgan fingerprint density at radius 3 is 2.36 bits per heavy atom. The maximum absolute atomic E-state index is 12.1. The smallest absolute Gasteiger partial charge is 0.261 e. The van der Waals surface area contributed by atoms with Gasteiger partial charge in [-0.2, -0.15) is 0 Å². The molecule has 1 amide bonds. The van der Waals surface area contributed by atoms with Gasteiger partial charge >= 0.3 is 0 Å². The van der Waals surface area contributed by atoms with Crippen LogP contribution in [0.2, 0.25) is 0 Å². The van der Waals surface area contributed by atoms with Crippen LogP contribution < -0.4 is 9.47 Å². The van der Waals surface area contributed by atoms with Crippen molar-refractivity contribution in [3.05, 3.63) is 23.8 Å². The summed E-state index contributed by atoms with van der Waals surface area (Å²) in [5.74, 6) is 1.01. The van der Waals surface area contributed by atoms with Gasteiger partial charge < -0.3 is 14.3 Å². The summed E-state index contributed by atoms with van der Waals surface area (Å²) in [6.07, 6.45) is 0. The fourth-order valence-electron chi connectivity index (χ4n) is 1.81. The summed E-state index contributed by atoms with van der Waals surface area (Å²) in [5.41, 5.74) is 0.797. The van der Waals surface area contributed by atoms with Gasteiger partial charge in [-0.25, -0.2) is 0 Å².